The Morgan fingerprint density at radius 3 is 2.36 bits per heavy atom. The summed E-state index contributed by atoms with van der Waals surface area (Å²) in [5, 5.41) is 11.1. The van der Waals surface area contributed by atoms with E-state index in [0.29, 0.717) is 0 Å². The minimum Gasteiger partial charge on any atom is -0.488 e. The first-order valence-corrected chi connectivity index (χ1v) is 7.12. The maximum absolute atomic E-state index is 13.0. The molecule has 0 heterocycles. The molecule has 0 saturated heterocycles. The molecule has 0 aliphatic carbocycles. The molecule has 0 radical (unpaired) electrons. The predicted octanol–water partition coefficient (Wildman–Crippen LogP) is 2.64. The average molecular weight is 364 g/mol. The van der Waals surface area contributed by atoms with Gasteiger partial charge < -0.3 is 25.6 Å². The first-order chi connectivity index (χ1) is 11.3. The van der Waals surface area contributed by atoms with Crippen LogP contribution >= 0.6 is 0 Å². The van der Waals surface area contributed by atoms with Gasteiger partial charge in [0.1, 0.15) is 12.2 Å². The van der Waals surface area contributed by atoms with Crippen molar-refractivity contribution in [1.29, 1.82) is 0 Å². The molecule has 1 atom stereocenters. The fraction of sp³-hybridized carbons (Fsp3) is 0.467. The van der Waals surface area contributed by atoms with Gasteiger partial charge in [-0.25, -0.2) is 9.59 Å². The summed E-state index contributed by atoms with van der Waals surface area (Å²) in [5.74, 6) is -2.21. The van der Waals surface area contributed by atoms with Gasteiger partial charge in [0.05, 0.1) is 11.3 Å². The third-order valence-electron chi connectivity index (χ3n) is 2.73. The van der Waals surface area contributed by atoms with Crippen LogP contribution in [-0.2, 0) is 15.7 Å². The maximum Gasteiger partial charge on any atom is 0.420 e. The van der Waals surface area contributed by atoms with Gasteiger partial charge >= 0.3 is 18.2 Å². The number of alkyl carbamates (subject to hydrolysis) is 1. The minimum atomic E-state index is -4.73. The Hall–Kier alpha value is -2.65. The van der Waals surface area contributed by atoms with Gasteiger partial charge in [-0.05, 0) is 32.9 Å². The first-order valence-electron chi connectivity index (χ1n) is 7.12. The lowest BCUT2D eigenvalue weighted by molar-refractivity contribution is -0.140. The van der Waals surface area contributed by atoms with E-state index < -0.39 is 47.8 Å². The lowest BCUT2D eigenvalue weighted by atomic mass is 10.1. The highest BCUT2D eigenvalue weighted by Crippen LogP contribution is 2.39. The Kier molecular flexibility index (Phi) is 6.11. The van der Waals surface area contributed by atoms with Gasteiger partial charge in [-0.2, -0.15) is 13.2 Å². The Labute approximate surface area is 141 Å². The van der Waals surface area contributed by atoms with Crippen LogP contribution in [0.25, 0.3) is 0 Å². The zero-order valence-corrected chi connectivity index (χ0v) is 13.8. The van der Waals surface area contributed by atoms with Gasteiger partial charge in [0.2, 0.25) is 0 Å². The van der Waals surface area contributed by atoms with Crippen LogP contribution in [0, 0.1) is 0 Å². The number of benzene rings is 1. The largest absolute Gasteiger partial charge is 0.488 e. The quantitative estimate of drug-likeness (QED) is 0.693. The number of anilines is 1. The van der Waals surface area contributed by atoms with Gasteiger partial charge in [0.25, 0.3) is 0 Å². The number of carboxylic acid groups (broad SMARTS) is 1. The number of nitrogens with two attached hydrogens (primary N) is 1. The van der Waals surface area contributed by atoms with Gasteiger partial charge in [-0.3, -0.25) is 0 Å². The number of rotatable bonds is 5. The lowest BCUT2D eigenvalue weighted by Crippen LogP contribution is -2.46. The molecule has 0 unspecified atom stereocenters. The van der Waals surface area contributed by atoms with E-state index in [0.717, 1.165) is 12.1 Å². The van der Waals surface area contributed by atoms with Crippen molar-refractivity contribution in [2.75, 3.05) is 12.3 Å². The van der Waals surface area contributed by atoms with Crippen molar-refractivity contribution in [3.63, 3.8) is 0 Å². The number of amides is 1. The van der Waals surface area contributed by atoms with Crippen LogP contribution in [0.4, 0.5) is 23.7 Å². The van der Waals surface area contributed by atoms with Crippen molar-refractivity contribution < 1.29 is 37.3 Å². The number of carbonyl (C=O) groups excluding carboxylic acids is 1. The summed E-state index contributed by atoms with van der Waals surface area (Å²) in [4.78, 5) is 22.8. The predicted molar refractivity (Wildman–Crippen MR) is 82.1 cm³/mol. The second kappa shape index (κ2) is 7.49. The highest BCUT2D eigenvalue weighted by atomic mass is 19.4. The molecule has 25 heavy (non-hydrogen) atoms. The molecular formula is C15H19F3N2O5. The van der Waals surface area contributed by atoms with Gasteiger partial charge in [0, 0.05) is 0 Å². The number of para-hydroxylation sites is 1. The van der Waals surface area contributed by atoms with Crippen LogP contribution in [0.15, 0.2) is 18.2 Å². The third-order valence-corrected chi connectivity index (χ3v) is 2.73. The molecule has 0 spiro atoms. The average Bonchev–Trinajstić information content (AvgIpc) is 2.40. The zero-order valence-electron chi connectivity index (χ0n) is 13.8. The van der Waals surface area contributed by atoms with Gasteiger partial charge in [-0.15, -0.1) is 0 Å². The molecule has 1 amide bonds. The molecule has 1 rings (SSSR count). The zero-order chi connectivity index (χ0) is 19.4. The van der Waals surface area contributed by atoms with E-state index in [-0.39, 0.29) is 5.69 Å². The maximum atomic E-state index is 13.0. The summed E-state index contributed by atoms with van der Waals surface area (Å²) in [6, 6.07) is 1.40. The molecule has 7 nitrogen and oxygen atoms in total. The summed E-state index contributed by atoms with van der Waals surface area (Å²) >= 11 is 0. The number of hydrogen-bond acceptors (Lipinski definition) is 5. The molecular weight excluding hydrogens is 345 g/mol. The SMILES string of the molecule is CC(C)(C)OC(=O)N[C@@H](COc1c(N)cccc1C(F)(F)F)C(=O)O. The molecule has 0 bridgehead atoms. The van der Waals surface area contributed by atoms with E-state index in [1.54, 1.807) is 20.8 Å². The first kappa shape index (κ1) is 20.4. The molecule has 140 valence electrons. The summed E-state index contributed by atoms with van der Waals surface area (Å²) in [5.41, 5.74) is 3.15. The monoisotopic (exact) mass is 364 g/mol. The number of halogens is 3. The fourth-order valence-electron chi connectivity index (χ4n) is 1.73. The second-order valence-electron chi connectivity index (χ2n) is 6.07. The highest BCUT2D eigenvalue weighted by molar-refractivity contribution is 5.80. The Morgan fingerprint density at radius 2 is 1.88 bits per heavy atom. The highest BCUT2D eigenvalue weighted by Gasteiger charge is 2.36. The van der Waals surface area contributed by atoms with Gasteiger partial charge in [-0.1, -0.05) is 6.07 Å². The normalized spacial score (nSPS) is 13.0. The van der Waals surface area contributed by atoms with Crippen LogP contribution in [0.3, 0.4) is 0 Å². The van der Waals surface area contributed by atoms with Gasteiger partial charge in [0.15, 0.2) is 11.8 Å². The third kappa shape index (κ3) is 6.40. The second-order valence-corrected chi connectivity index (χ2v) is 6.07. The van der Waals surface area contributed by atoms with Crippen LogP contribution in [0.1, 0.15) is 26.3 Å². The van der Waals surface area contributed by atoms with Crippen molar-refractivity contribution in [2.24, 2.45) is 0 Å². The molecule has 1 aromatic carbocycles. The molecule has 0 saturated carbocycles. The van der Waals surface area contributed by atoms with Crippen LogP contribution in [0.5, 0.6) is 5.75 Å². The number of ether oxygens (including phenoxy) is 2. The van der Waals surface area contributed by atoms with Crippen LogP contribution in [0.2, 0.25) is 0 Å². The number of carbonyl (C=O) groups is 2. The van der Waals surface area contributed by atoms with Crippen molar-refractivity contribution in [3.8, 4) is 5.75 Å². The van der Waals surface area contributed by atoms with E-state index >= 15 is 0 Å². The summed E-state index contributed by atoms with van der Waals surface area (Å²) in [6.45, 7) is 3.93. The van der Waals surface area contributed by atoms with E-state index in [1.807, 2.05) is 5.32 Å². The topological polar surface area (TPSA) is 111 Å². The molecule has 1 aromatic rings. The van der Waals surface area contributed by atoms with Crippen LogP contribution < -0.4 is 15.8 Å². The Bertz CT molecular complexity index is 641. The molecule has 0 aromatic heterocycles. The van der Waals surface area contributed by atoms with E-state index in [1.165, 1.54) is 6.07 Å². The minimum absolute atomic E-state index is 0.309. The standard InChI is InChI=1S/C15H19F3N2O5/c1-14(2,3)25-13(23)20-10(12(21)22)7-24-11-8(15(16,17)18)5-4-6-9(11)19/h4-6,10H,7,19H2,1-3H3,(H,20,23)(H,21,22)/t10-/m0/s1. The number of nitrogen functional groups attached to an aromatic ring is 1. The van der Waals surface area contributed by atoms with Crippen molar-refractivity contribution in [3.05, 3.63) is 23.8 Å². The number of aliphatic carboxylic acids is 1. The van der Waals surface area contributed by atoms with E-state index in [4.69, 9.17) is 20.3 Å². The molecule has 10 heteroatoms. The summed E-state index contributed by atoms with van der Waals surface area (Å²) < 4.78 is 48.7. The number of nitrogens with one attached hydrogen (secondary N) is 1. The molecule has 4 N–H and O–H groups in total. The van der Waals surface area contributed by atoms with E-state index in [9.17, 15) is 22.8 Å². The lowest BCUT2D eigenvalue weighted by Gasteiger charge is -2.22. The smallest absolute Gasteiger partial charge is 0.420 e. The Morgan fingerprint density at radius 1 is 1.28 bits per heavy atom. The molecule has 0 aliphatic rings. The number of hydrogen-bond donors (Lipinski definition) is 3. The van der Waals surface area contributed by atoms with E-state index in [2.05, 4.69) is 0 Å². The summed E-state index contributed by atoms with van der Waals surface area (Å²) in [6.07, 6.45) is -5.78. The molecule has 0 fully saturated rings. The van der Waals surface area contributed by atoms with Crippen LogP contribution in [-0.4, -0.2) is 35.4 Å². The molecule has 0 aliphatic heterocycles. The van der Waals surface area contributed by atoms with Crippen molar-refractivity contribution in [1.82, 2.24) is 5.32 Å². The summed E-state index contributed by atoms with van der Waals surface area (Å²) in [7, 11) is 0. The van der Waals surface area contributed by atoms with Crippen molar-refractivity contribution >= 4 is 17.7 Å². The Balaban J connectivity index is 2.90. The number of alkyl halides is 3. The van der Waals surface area contributed by atoms with Crippen molar-refractivity contribution in [2.45, 2.75) is 38.6 Å². The number of carboxylic acids is 1. The fourth-order valence-corrected chi connectivity index (χ4v) is 1.73.